The minimum absolute atomic E-state index is 0.0196. The van der Waals surface area contributed by atoms with Crippen molar-refractivity contribution in [2.75, 3.05) is 6.54 Å². The number of aliphatic carboxylic acids is 1. The first-order chi connectivity index (χ1) is 21.8. The van der Waals surface area contributed by atoms with E-state index in [-0.39, 0.29) is 49.8 Å². The lowest BCUT2D eigenvalue weighted by Gasteiger charge is -2.23. The molecule has 5 aromatic rings. The molecule has 1 aromatic heterocycles. The summed E-state index contributed by atoms with van der Waals surface area (Å²) in [4.78, 5) is 24.9. The van der Waals surface area contributed by atoms with Gasteiger partial charge in [0.05, 0.1) is 11.0 Å². The number of hydrogen-bond donors (Lipinski definition) is 2. The van der Waals surface area contributed by atoms with E-state index in [1.165, 1.54) is 17.0 Å². The number of hydrogen-bond acceptors (Lipinski definition) is 10. The average Bonchev–Trinajstić information content (AvgIpc) is 3.66. The molecule has 45 heavy (non-hydrogen) atoms. The quantitative estimate of drug-likeness (QED) is 0.150. The van der Waals surface area contributed by atoms with Crippen LogP contribution < -0.4 is 9.47 Å². The number of nitro benzene ring substituents is 1. The third kappa shape index (κ3) is 6.44. The first-order valence-electron chi connectivity index (χ1n) is 14.0. The summed E-state index contributed by atoms with van der Waals surface area (Å²) >= 11 is 0. The molecule has 1 fully saturated rings. The summed E-state index contributed by atoms with van der Waals surface area (Å²) in [5, 5.41) is 39.6. The standard InChI is InChI=1S/C32H27FN4O8/c33-31-21(7-4-8-24(31)20-5-2-1-3-6-20)18-44-30-14-29(43-17-19-9-10-25-26(11-19)35-45-34-25)22(12-27(30)37(41)42)15-36-16-23(38)13-28(36)32(39)40/h1-12,14,23,28,38H,13,15-18H2,(H,39,40)/t23-,28-/m1/s1. The van der Waals surface area contributed by atoms with Gasteiger partial charge in [0.2, 0.25) is 5.75 Å². The predicted octanol–water partition coefficient (Wildman–Crippen LogP) is 5.11. The molecule has 0 aliphatic carbocycles. The van der Waals surface area contributed by atoms with E-state index in [1.807, 2.05) is 6.07 Å². The molecule has 0 spiro atoms. The number of fused-ring (bicyclic) bond motifs is 1. The first kappa shape index (κ1) is 29.7. The molecule has 0 unspecified atom stereocenters. The molecule has 1 aliphatic heterocycles. The molecule has 0 bridgehead atoms. The molecule has 2 heterocycles. The lowest BCUT2D eigenvalue weighted by Crippen LogP contribution is -2.35. The normalized spacial score (nSPS) is 16.6. The largest absolute Gasteiger partial charge is 0.488 e. The molecule has 230 valence electrons. The van der Waals surface area contributed by atoms with Gasteiger partial charge in [0.15, 0.2) is 0 Å². The van der Waals surface area contributed by atoms with E-state index in [4.69, 9.17) is 14.1 Å². The van der Waals surface area contributed by atoms with Gasteiger partial charge in [-0.15, -0.1) is 0 Å². The predicted molar refractivity (Wildman–Crippen MR) is 158 cm³/mol. The molecule has 0 saturated carbocycles. The zero-order chi connectivity index (χ0) is 31.5. The van der Waals surface area contributed by atoms with Crippen molar-refractivity contribution < 1.29 is 38.4 Å². The summed E-state index contributed by atoms with van der Waals surface area (Å²) in [7, 11) is 0. The van der Waals surface area contributed by atoms with Crippen LogP contribution in [0.4, 0.5) is 10.1 Å². The number of halogens is 1. The van der Waals surface area contributed by atoms with Gasteiger partial charge in [0.25, 0.3) is 0 Å². The molecule has 6 rings (SSSR count). The van der Waals surface area contributed by atoms with Crippen LogP contribution in [0.5, 0.6) is 11.5 Å². The Morgan fingerprint density at radius 2 is 1.76 bits per heavy atom. The molecule has 0 radical (unpaired) electrons. The molecule has 1 aliphatic rings. The summed E-state index contributed by atoms with van der Waals surface area (Å²) in [6.07, 6.45) is -0.842. The van der Waals surface area contributed by atoms with Crippen LogP contribution in [0.15, 0.2) is 83.5 Å². The number of benzene rings is 4. The van der Waals surface area contributed by atoms with Crippen LogP contribution in [0.3, 0.4) is 0 Å². The molecule has 4 aromatic carbocycles. The fourth-order valence-corrected chi connectivity index (χ4v) is 5.41. The monoisotopic (exact) mass is 614 g/mol. The molecule has 0 amide bonds. The van der Waals surface area contributed by atoms with Crippen molar-refractivity contribution in [2.45, 2.75) is 38.3 Å². The minimum atomic E-state index is -1.11. The van der Waals surface area contributed by atoms with Crippen LogP contribution in [0, 0.1) is 15.9 Å². The molecule has 1 saturated heterocycles. The SMILES string of the molecule is O=C(O)[C@H]1C[C@@H](O)CN1Cc1cc([N+](=O)[O-])c(OCc2cccc(-c3ccccc3)c2F)cc1OCc1ccc2nonc2c1. The van der Waals surface area contributed by atoms with Gasteiger partial charge in [0.1, 0.15) is 41.9 Å². The van der Waals surface area contributed by atoms with Crippen molar-refractivity contribution in [1.82, 2.24) is 15.2 Å². The number of rotatable bonds is 11. The van der Waals surface area contributed by atoms with E-state index in [0.717, 1.165) is 0 Å². The van der Waals surface area contributed by atoms with Crippen molar-refractivity contribution in [3.8, 4) is 22.6 Å². The Hall–Kier alpha value is -5.40. The maximum atomic E-state index is 15.5. The highest BCUT2D eigenvalue weighted by molar-refractivity contribution is 5.74. The molecule has 13 heteroatoms. The van der Waals surface area contributed by atoms with Gasteiger partial charge in [0, 0.05) is 48.3 Å². The lowest BCUT2D eigenvalue weighted by atomic mass is 10.0. The van der Waals surface area contributed by atoms with Crippen molar-refractivity contribution >= 4 is 22.7 Å². The van der Waals surface area contributed by atoms with E-state index in [2.05, 4.69) is 10.3 Å². The highest BCUT2D eigenvalue weighted by atomic mass is 19.1. The third-order valence-electron chi connectivity index (χ3n) is 7.64. The lowest BCUT2D eigenvalue weighted by molar-refractivity contribution is -0.386. The molecular weight excluding hydrogens is 587 g/mol. The Morgan fingerprint density at radius 3 is 2.53 bits per heavy atom. The summed E-state index contributed by atoms with van der Waals surface area (Å²) in [6, 6.07) is 20.7. The van der Waals surface area contributed by atoms with Crippen molar-refractivity contribution in [3.63, 3.8) is 0 Å². The van der Waals surface area contributed by atoms with Crippen LogP contribution in [0.2, 0.25) is 0 Å². The van der Waals surface area contributed by atoms with Crippen LogP contribution in [0.1, 0.15) is 23.1 Å². The Bertz CT molecular complexity index is 1870. The summed E-state index contributed by atoms with van der Waals surface area (Å²) < 4.78 is 32.2. The zero-order valence-corrected chi connectivity index (χ0v) is 23.7. The molecule has 12 nitrogen and oxygen atoms in total. The number of aliphatic hydroxyl groups excluding tert-OH is 1. The fraction of sp³-hybridized carbons (Fsp3) is 0.219. The van der Waals surface area contributed by atoms with Gasteiger partial charge in [-0.05, 0) is 33.6 Å². The van der Waals surface area contributed by atoms with Crippen molar-refractivity contribution in [2.24, 2.45) is 0 Å². The van der Waals surface area contributed by atoms with Gasteiger partial charge >= 0.3 is 11.7 Å². The van der Waals surface area contributed by atoms with Crippen LogP contribution in [-0.4, -0.2) is 55.0 Å². The second-order valence-corrected chi connectivity index (χ2v) is 10.7. The number of carboxylic acid groups (broad SMARTS) is 1. The topological polar surface area (TPSA) is 161 Å². The second kappa shape index (κ2) is 12.7. The van der Waals surface area contributed by atoms with E-state index in [1.54, 1.807) is 60.7 Å². The Kier molecular flexibility index (Phi) is 8.36. The average molecular weight is 615 g/mol. The van der Waals surface area contributed by atoms with Crippen molar-refractivity contribution in [3.05, 3.63) is 111 Å². The van der Waals surface area contributed by atoms with Gasteiger partial charge in [-0.2, -0.15) is 0 Å². The molecular formula is C32H27FN4O8. The Morgan fingerprint density at radius 1 is 0.978 bits per heavy atom. The third-order valence-corrected chi connectivity index (χ3v) is 7.64. The highest BCUT2D eigenvalue weighted by Gasteiger charge is 2.37. The number of ether oxygens (including phenoxy) is 2. The van der Waals surface area contributed by atoms with Gasteiger partial charge in [-0.1, -0.05) is 54.6 Å². The van der Waals surface area contributed by atoms with Gasteiger partial charge in [-0.3, -0.25) is 19.8 Å². The Labute approximate surface area is 255 Å². The van der Waals surface area contributed by atoms with E-state index in [9.17, 15) is 25.1 Å². The summed E-state index contributed by atoms with van der Waals surface area (Å²) in [5.74, 6) is -1.59. The second-order valence-electron chi connectivity index (χ2n) is 10.7. The van der Waals surface area contributed by atoms with Crippen LogP contribution in [0.25, 0.3) is 22.2 Å². The first-order valence-corrected chi connectivity index (χ1v) is 14.0. The van der Waals surface area contributed by atoms with Gasteiger partial charge in [-0.25, -0.2) is 9.02 Å². The summed E-state index contributed by atoms with van der Waals surface area (Å²) in [6.45, 7) is -0.271. The number of carbonyl (C=O) groups is 1. The highest BCUT2D eigenvalue weighted by Crippen LogP contribution is 2.38. The minimum Gasteiger partial charge on any atom is -0.488 e. The number of aromatic nitrogens is 2. The number of aliphatic hydroxyl groups is 1. The number of β-amino-alcohol motifs (C(OH)–C–C–N with tert-alkyl or cyclic N) is 1. The van der Waals surface area contributed by atoms with Crippen molar-refractivity contribution in [1.29, 1.82) is 0 Å². The maximum Gasteiger partial charge on any atom is 0.321 e. The molecule has 2 N–H and O–H groups in total. The van der Waals surface area contributed by atoms with Crippen LogP contribution in [-0.2, 0) is 24.6 Å². The molecule has 2 atom stereocenters. The zero-order valence-electron chi connectivity index (χ0n) is 23.7. The number of nitro groups is 1. The van der Waals surface area contributed by atoms with E-state index >= 15 is 4.39 Å². The number of nitrogens with zero attached hydrogens (tertiary/aromatic N) is 4. The fourth-order valence-electron chi connectivity index (χ4n) is 5.41. The van der Waals surface area contributed by atoms with E-state index in [0.29, 0.717) is 33.3 Å². The number of likely N-dealkylation sites (tertiary alicyclic amines) is 1. The smallest absolute Gasteiger partial charge is 0.321 e. The van der Waals surface area contributed by atoms with Gasteiger partial charge < -0.3 is 19.7 Å². The summed E-state index contributed by atoms with van der Waals surface area (Å²) in [5.41, 5.74) is 2.92. The van der Waals surface area contributed by atoms with E-state index < -0.39 is 34.5 Å². The number of carboxylic acids is 1. The van der Waals surface area contributed by atoms with Crippen LogP contribution >= 0.6 is 0 Å². The maximum absolute atomic E-state index is 15.5. The Balaban J connectivity index is 1.32.